The van der Waals surface area contributed by atoms with Gasteiger partial charge in [-0.05, 0) is 62.1 Å². The minimum atomic E-state index is -3.75. The van der Waals surface area contributed by atoms with Crippen molar-refractivity contribution in [2.24, 2.45) is 5.41 Å². The molecule has 30 heavy (non-hydrogen) atoms. The number of nitrogens with zero attached hydrogens (tertiary/aromatic N) is 1. The van der Waals surface area contributed by atoms with E-state index in [0.717, 1.165) is 12.0 Å². The molecule has 0 saturated heterocycles. The van der Waals surface area contributed by atoms with E-state index >= 15 is 0 Å². The third kappa shape index (κ3) is 4.46. The van der Waals surface area contributed by atoms with Crippen molar-refractivity contribution in [3.63, 3.8) is 0 Å². The van der Waals surface area contributed by atoms with Crippen LogP contribution in [0.15, 0.2) is 47.4 Å². The minimum Gasteiger partial charge on any atom is -0.490 e. The van der Waals surface area contributed by atoms with Crippen LogP contribution in [0.2, 0.25) is 0 Å². The zero-order valence-electron chi connectivity index (χ0n) is 18.2. The number of carbonyl (C=O) groups is 1. The molecule has 1 aliphatic heterocycles. The molecule has 2 aromatic rings. The van der Waals surface area contributed by atoms with Crippen molar-refractivity contribution >= 4 is 27.3 Å². The molecule has 0 atom stereocenters. The Labute approximate surface area is 179 Å². The molecule has 0 unspecified atom stereocenters. The van der Waals surface area contributed by atoms with Gasteiger partial charge in [-0.25, -0.2) is 8.42 Å². The van der Waals surface area contributed by atoms with Gasteiger partial charge in [-0.1, -0.05) is 32.9 Å². The van der Waals surface area contributed by atoms with Gasteiger partial charge in [0.1, 0.15) is 12.4 Å². The molecule has 0 spiro atoms. The number of fused-ring (bicyclic) bond motifs is 1. The van der Waals surface area contributed by atoms with E-state index in [0.29, 0.717) is 29.6 Å². The van der Waals surface area contributed by atoms with E-state index in [1.54, 1.807) is 35.2 Å². The number of rotatable bonds is 6. The van der Waals surface area contributed by atoms with Crippen molar-refractivity contribution in [1.82, 2.24) is 0 Å². The van der Waals surface area contributed by atoms with E-state index < -0.39 is 15.4 Å². The summed E-state index contributed by atoms with van der Waals surface area (Å²) in [5.74, 6) is 0.865. The van der Waals surface area contributed by atoms with Crippen molar-refractivity contribution in [2.45, 2.75) is 51.9 Å². The highest BCUT2D eigenvalue weighted by Crippen LogP contribution is 2.38. The predicted molar refractivity (Wildman–Crippen MR) is 120 cm³/mol. The fraction of sp³-hybridized carbons (Fsp3) is 0.435. The average molecular weight is 431 g/mol. The number of sulfonamides is 1. The first-order valence-electron chi connectivity index (χ1n) is 10.3. The maximum Gasteiger partial charge on any atom is 0.261 e. The normalized spacial score (nSPS) is 16.1. The Morgan fingerprint density at radius 3 is 2.40 bits per heavy atom. The van der Waals surface area contributed by atoms with Crippen LogP contribution in [0.25, 0.3) is 0 Å². The highest BCUT2D eigenvalue weighted by atomic mass is 32.2. The first kappa shape index (κ1) is 22.2. The third-order valence-corrected chi connectivity index (χ3v) is 6.62. The number of benzene rings is 2. The highest BCUT2D eigenvalue weighted by Gasteiger charge is 2.37. The molecule has 1 amide bonds. The Kier molecular flexibility index (Phi) is 6.13. The molecule has 162 valence electrons. The van der Waals surface area contributed by atoms with Crippen LogP contribution in [0.3, 0.4) is 0 Å². The highest BCUT2D eigenvalue weighted by molar-refractivity contribution is 7.92. The number of nitrogens with one attached hydrogen (secondary N) is 1. The predicted octanol–water partition coefficient (Wildman–Crippen LogP) is 4.77. The molecule has 3 rings (SSSR count). The van der Waals surface area contributed by atoms with Crippen LogP contribution in [0.4, 0.5) is 11.4 Å². The number of hydrogen-bond acceptors (Lipinski definition) is 4. The lowest BCUT2D eigenvalue weighted by molar-refractivity contribution is -0.127. The topological polar surface area (TPSA) is 75.7 Å². The number of anilines is 2. The van der Waals surface area contributed by atoms with Crippen LogP contribution in [0.5, 0.6) is 5.75 Å². The molecule has 0 aliphatic carbocycles. The molecular formula is C23H30N2O4S. The van der Waals surface area contributed by atoms with Crippen LogP contribution in [-0.2, 0) is 14.8 Å². The van der Waals surface area contributed by atoms with E-state index in [4.69, 9.17) is 4.74 Å². The summed E-state index contributed by atoms with van der Waals surface area (Å²) < 4.78 is 34.2. The van der Waals surface area contributed by atoms with Crippen LogP contribution >= 0.6 is 0 Å². The van der Waals surface area contributed by atoms with Crippen LogP contribution in [-0.4, -0.2) is 27.5 Å². The summed E-state index contributed by atoms with van der Waals surface area (Å²) >= 11 is 0. The van der Waals surface area contributed by atoms with Crippen molar-refractivity contribution < 1.29 is 17.9 Å². The van der Waals surface area contributed by atoms with E-state index in [2.05, 4.69) is 18.6 Å². The summed E-state index contributed by atoms with van der Waals surface area (Å²) in [6, 6.07) is 11.9. The molecule has 6 nitrogen and oxygen atoms in total. The molecule has 1 N–H and O–H groups in total. The van der Waals surface area contributed by atoms with Gasteiger partial charge in [0.25, 0.3) is 10.0 Å². The minimum absolute atomic E-state index is 0.0348. The van der Waals surface area contributed by atoms with Crippen LogP contribution in [0, 0.1) is 5.41 Å². The van der Waals surface area contributed by atoms with E-state index in [1.165, 1.54) is 0 Å². The fourth-order valence-electron chi connectivity index (χ4n) is 3.40. The lowest BCUT2D eigenvalue weighted by atomic mass is 9.93. The molecule has 0 fully saturated rings. The van der Waals surface area contributed by atoms with E-state index in [1.807, 2.05) is 32.9 Å². The van der Waals surface area contributed by atoms with Gasteiger partial charge >= 0.3 is 0 Å². The summed E-state index contributed by atoms with van der Waals surface area (Å²) in [5.41, 5.74) is 1.39. The molecule has 0 aromatic heterocycles. The lowest BCUT2D eigenvalue weighted by Crippen LogP contribution is -2.42. The standard InChI is InChI=1S/C23H30N2O4S/c1-6-13-25-20-14-18(9-12-21(20)29-15-23(4,5)22(25)26)24-30(27,28)19-10-7-17(8-11-19)16(2)3/h7-12,14,16,24H,6,13,15H2,1-5H3. The Bertz CT molecular complexity index is 1030. The second-order valence-electron chi connectivity index (χ2n) is 8.64. The molecule has 2 aromatic carbocycles. The number of ether oxygens (including phenoxy) is 1. The smallest absolute Gasteiger partial charge is 0.261 e. The van der Waals surface area contributed by atoms with E-state index in [-0.39, 0.29) is 17.4 Å². The Hall–Kier alpha value is -2.54. The summed E-state index contributed by atoms with van der Waals surface area (Å²) in [6.45, 7) is 10.6. The van der Waals surface area contributed by atoms with Crippen molar-refractivity contribution in [2.75, 3.05) is 22.8 Å². The maximum absolute atomic E-state index is 13.0. The zero-order chi connectivity index (χ0) is 22.1. The van der Waals surface area contributed by atoms with Gasteiger partial charge < -0.3 is 9.64 Å². The van der Waals surface area contributed by atoms with Crippen molar-refractivity contribution in [3.8, 4) is 5.75 Å². The molecule has 0 saturated carbocycles. The Balaban J connectivity index is 1.94. The molecule has 7 heteroatoms. The summed E-state index contributed by atoms with van der Waals surface area (Å²) in [5, 5.41) is 0. The summed E-state index contributed by atoms with van der Waals surface area (Å²) in [7, 11) is -3.75. The molecule has 0 radical (unpaired) electrons. The van der Waals surface area contributed by atoms with Crippen molar-refractivity contribution in [3.05, 3.63) is 48.0 Å². The van der Waals surface area contributed by atoms with Gasteiger partial charge in [0.05, 0.1) is 21.7 Å². The monoisotopic (exact) mass is 430 g/mol. The molecule has 1 heterocycles. The number of amides is 1. The molecule has 1 aliphatic rings. The average Bonchev–Trinajstić information content (AvgIpc) is 2.78. The van der Waals surface area contributed by atoms with Crippen LogP contribution < -0.4 is 14.4 Å². The van der Waals surface area contributed by atoms with Crippen LogP contribution in [0.1, 0.15) is 52.5 Å². The van der Waals surface area contributed by atoms with Gasteiger partial charge in [-0.15, -0.1) is 0 Å². The van der Waals surface area contributed by atoms with Gasteiger partial charge in [0.2, 0.25) is 5.91 Å². The quantitative estimate of drug-likeness (QED) is 0.716. The SMILES string of the molecule is CCCN1C(=O)C(C)(C)COc2ccc(NS(=O)(=O)c3ccc(C(C)C)cc3)cc21. The number of hydrogen-bond donors (Lipinski definition) is 1. The Morgan fingerprint density at radius 2 is 1.80 bits per heavy atom. The first-order valence-corrected chi connectivity index (χ1v) is 11.7. The zero-order valence-corrected chi connectivity index (χ0v) is 19.0. The van der Waals surface area contributed by atoms with Gasteiger partial charge in [0.15, 0.2) is 0 Å². The molecule has 0 bridgehead atoms. The Morgan fingerprint density at radius 1 is 1.13 bits per heavy atom. The largest absolute Gasteiger partial charge is 0.490 e. The second-order valence-corrected chi connectivity index (χ2v) is 10.3. The summed E-state index contributed by atoms with van der Waals surface area (Å²) in [4.78, 5) is 14.9. The second kappa shape index (κ2) is 8.30. The fourth-order valence-corrected chi connectivity index (χ4v) is 4.45. The third-order valence-electron chi connectivity index (χ3n) is 5.22. The lowest BCUT2D eigenvalue weighted by Gasteiger charge is -2.28. The van der Waals surface area contributed by atoms with Crippen molar-refractivity contribution in [1.29, 1.82) is 0 Å². The number of carbonyl (C=O) groups excluding carboxylic acids is 1. The summed E-state index contributed by atoms with van der Waals surface area (Å²) in [6.07, 6.45) is 0.777. The van der Waals surface area contributed by atoms with Gasteiger partial charge in [-0.3, -0.25) is 9.52 Å². The van der Waals surface area contributed by atoms with Gasteiger partial charge in [-0.2, -0.15) is 0 Å². The van der Waals surface area contributed by atoms with E-state index in [9.17, 15) is 13.2 Å². The maximum atomic E-state index is 13.0. The van der Waals surface area contributed by atoms with Gasteiger partial charge in [0, 0.05) is 6.54 Å². The molecular weight excluding hydrogens is 400 g/mol. The first-order chi connectivity index (χ1) is 14.0.